The molecule has 1 aromatic heterocycles. The van der Waals surface area contributed by atoms with Gasteiger partial charge in [-0.15, -0.1) is 0 Å². The third-order valence-electron chi connectivity index (χ3n) is 4.76. The van der Waals surface area contributed by atoms with Gasteiger partial charge in [0.2, 0.25) is 0 Å². The van der Waals surface area contributed by atoms with Gasteiger partial charge < -0.3 is 20.9 Å². The van der Waals surface area contributed by atoms with Gasteiger partial charge in [-0.1, -0.05) is 0 Å². The van der Waals surface area contributed by atoms with E-state index >= 15 is 0 Å². The van der Waals surface area contributed by atoms with Crippen molar-refractivity contribution in [1.29, 1.82) is 5.41 Å². The summed E-state index contributed by atoms with van der Waals surface area (Å²) in [6.07, 6.45) is 5.29. The first-order valence-corrected chi connectivity index (χ1v) is 9.17. The van der Waals surface area contributed by atoms with Crippen LogP contribution in [0.25, 0.3) is 16.7 Å². The highest BCUT2D eigenvalue weighted by atomic mass is 16.5. The number of aromatic nitrogens is 2. The second-order valence-corrected chi connectivity index (χ2v) is 6.76. The van der Waals surface area contributed by atoms with E-state index in [0.29, 0.717) is 5.70 Å². The Kier molecular flexibility index (Phi) is 4.89. The highest BCUT2D eigenvalue weighted by Gasteiger charge is 2.14. The zero-order chi connectivity index (χ0) is 18.6. The number of imidazole rings is 1. The highest BCUT2D eigenvalue weighted by molar-refractivity contribution is 5.81. The molecule has 0 aliphatic carbocycles. The summed E-state index contributed by atoms with van der Waals surface area (Å²) in [6, 6.07) is 13.4. The van der Waals surface area contributed by atoms with Gasteiger partial charge in [-0.25, -0.2) is 4.98 Å². The Morgan fingerprint density at radius 2 is 1.89 bits per heavy atom. The lowest BCUT2D eigenvalue weighted by Crippen LogP contribution is -2.19. The largest absolute Gasteiger partial charge is 0.457 e. The number of likely N-dealkylation sites (tertiary alicyclic amines) is 1. The summed E-state index contributed by atoms with van der Waals surface area (Å²) < 4.78 is 5.96. The molecule has 1 saturated heterocycles. The summed E-state index contributed by atoms with van der Waals surface area (Å²) >= 11 is 0. The van der Waals surface area contributed by atoms with E-state index in [4.69, 9.17) is 15.9 Å². The SMILES string of the molecule is N=C/C=C(\N)c1ccc(Oc2ccc3nc(CN4CCCC4)[nH]c3c2)cc1. The van der Waals surface area contributed by atoms with Crippen molar-refractivity contribution in [2.75, 3.05) is 13.1 Å². The fraction of sp³-hybridized carbons (Fsp3) is 0.238. The Morgan fingerprint density at radius 1 is 1.15 bits per heavy atom. The van der Waals surface area contributed by atoms with Crippen molar-refractivity contribution in [1.82, 2.24) is 14.9 Å². The van der Waals surface area contributed by atoms with E-state index in [1.807, 2.05) is 42.5 Å². The number of nitrogens with one attached hydrogen (secondary N) is 2. The van der Waals surface area contributed by atoms with E-state index in [-0.39, 0.29) is 0 Å². The highest BCUT2D eigenvalue weighted by Crippen LogP contribution is 2.26. The van der Waals surface area contributed by atoms with Crippen LogP contribution in [0.3, 0.4) is 0 Å². The first kappa shape index (κ1) is 17.3. The Balaban J connectivity index is 1.48. The number of aromatic amines is 1. The minimum atomic E-state index is 0.556. The van der Waals surface area contributed by atoms with E-state index in [0.717, 1.165) is 53.6 Å². The number of H-pyrrole nitrogens is 1. The molecule has 0 spiro atoms. The first-order chi connectivity index (χ1) is 13.2. The van der Waals surface area contributed by atoms with Crippen molar-refractivity contribution in [2.24, 2.45) is 5.73 Å². The number of allylic oxidation sites excluding steroid dienone is 1. The standard InChI is InChI=1S/C21H23N5O/c22-10-9-18(23)15-3-5-16(6-4-15)27-17-7-8-19-20(13-17)25-21(24-19)14-26-11-1-2-12-26/h3-10,13,22H,1-2,11-12,14,23H2,(H,24,25)/b18-9-,22-10?. The third-order valence-corrected chi connectivity index (χ3v) is 4.76. The molecular weight excluding hydrogens is 338 g/mol. The molecule has 3 aromatic rings. The molecule has 138 valence electrons. The number of hydrogen-bond donors (Lipinski definition) is 3. The fourth-order valence-electron chi connectivity index (χ4n) is 3.37. The van der Waals surface area contributed by atoms with Crippen LogP contribution in [0.4, 0.5) is 0 Å². The molecule has 1 aliphatic rings. The normalized spacial score (nSPS) is 15.3. The molecule has 0 amide bonds. The van der Waals surface area contributed by atoms with Crippen LogP contribution in [0.5, 0.6) is 11.5 Å². The Bertz CT molecular complexity index is 968. The van der Waals surface area contributed by atoms with E-state index in [1.54, 1.807) is 6.08 Å². The van der Waals surface area contributed by atoms with Crippen molar-refractivity contribution in [2.45, 2.75) is 19.4 Å². The number of fused-ring (bicyclic) bond motifs is 1. The number of nitrogens with two attached hydrogens (primary N) is 1. The Labute approximate surface area is 158 Å². The molecule has 27 heavy (non-hydrogen) atoms. The number of benzene rings is 2. The Morgan fingerprint density at radius 3 is 2.63 bits per heavy atom. The Hall–Kier alpha value is -3.12. The van der Waals surface area contributed by atoms with Crippen molar-refractivity contribution in [3.8, 4) is 11.5 Å². The van der Waals surface area contributed by atoms with E-state index in [2.05, 4.69) is 14.9 Å². The second-order valence-electron chi connectivity index (χ2n) is 6.76. The van der Waals surface area contributed by atoms with Crippen molar-refractivity contribution in [3.63, 3.8) is 0 Å². The number of hydrogen-bond acceptors (Lipinski definition) is 5. The van der Waals surface area contributed by atoms with E-state index in [9.17, 15) is 0 Å². The molecule has 1 aliphatic heterocycles. The topological polar surface area (TPSA) is 91.0 Å². The molecule has 2 aromatic carbocycles. The maximum Gasteiger partial charge on any atom is 0.129 e. The van der Waals surface area contributed by atoms with Gasteiger partial charge in [-0.2, -0.15) is 0 Å². The predicted octanol–water partition coefficient (Wildman–Crippen LogP) is 3.90. The minimum absolute atomic E-state index is 0.556. The molecular formula is C21H23N5O. The molecule has 0 atom stereocenters. The number of nitrogens with zero attached hydrogens (tertiary/aromatic N) is 2. The molecule has 6 heteroatoms. The summed E-state index contributed by atoms with van der Waals surface area (Å²) in [6.45, 7) is 3.18. The van der Waals surface area contributed by atoms with Crippen LogP contribution < -0.4 is 10.5 Å². The van der Waals surface area contributed by atoms with Crippen LogP contribution in [0, 0.1) is 5.41 Å². The van der Waals surface area contributed by atoms with Crippen LogP contribution in [0.15, 0.2) is 48.5 Å². The molecule has 1 fully saturated rings. The molecule has 0 saturated carbocycles. The molecule has 6 nitrogen and oxygen atoms in total. The molecule has 2 heterocycles. The smallest absolute Gasteiger partial charge is 0.129 e. The minimum Gasteiger partial charge on any atom is -0.457 e. The average molecular weight is 361 g/mol. The van der Waals surface area contributed by atoms with Gasteiger partial charge in [0.25, 0.3) is 0 Å². The van der Waals surface area contributed by atoms with Crippen molar-refractivity contribution in [3.05, 3.63) is 59.9 Å². The quantitative estimate of drug-likeness (QED) is 0.581. The zero-order valence-electron chi connectivity index (χ0n) is 15.1. The van der Waals surface area contributed by atoms with Crippen LogP contribution in [-0.2, 0) is 6.54 Å². The van der Waals surface area contributed by atoms with E-state index in [1.165, 1.54) is 19.1 Å². The zero-order valence-corrected chi connectivity index (χ0v) is 15.1. The van der Waals surface area contributed by atoms with Crippen molar-refractivity contribution >= 4 is 22.9 Å². The third kappa shape index (κ3) is 4.01. The van der Waals surface area contributed by atoms with Gasteiger partial charge >= 0.3 is 0 Å². The van der Waals surface area contributed by atoms with Gasteiger partial charge in [0, 0.05) is 18.0 Å². The van der Waals surface area contributed by atoms with Crippen LogP contribution in [-0.4, -0.2) is 34.2 Å². The van der Waals surface area contributed by atoms with Crippen LogP contribution >= 0.6 is 0 Å². The summed E-state index contributed by atoms with van der Waals surface area (Å²) in [5.74, 6) is 2.49. The number of rotatable bonds is 6. The van der Waals surface area contributed by atoms with Gasteiger partial charge in [0.15, 0.2) is 0 Å². The lowest BCUT2D eigenvalue weighted by molar-refractivity contribution is 0.324. The average Bonchev–Trinajstić information content (AvgIpc) is 3.31. The lowest BCUT2D eigenvalue weighted by atomic mass is 10.1. The molecule has 0 unspecified atom stereocenters. The van der Waals surface area contributed by atoms with Crippen LogP contribution in [0.1, 0.15) is 24.2 Å². The van der Waals surface area contributed by atoms with Gasteiger partial charge in [-0.3, -0.25) is 4.90 Å². The maximum absolute atomic E-state index is 7.09. The van der Waals surface area contributed by atoms with Gasteiger partial charge in [0.05, 0.1) is 17.6 Å². The van der Waals surface area contributed by atoms with Crippen molar-refractivity contribution < 1.29 is 4.74 Å². The molecule has 4 N–H and O–H groups in total. The summed E-state index contributed by atoms with van der Waals surface area (Å²) in [4.78, 5) is 10.5. The van der Waals surface area contributed by atoms with Crippen LogP contribution in [0.2, 0.25) is 0 Å². The van der Waals surface area contributed by atoms with Gasteiger partial charge in [0.1, 0.15) is 17.3 Å². The maximum atomic E-state index is 7.09. The summed E-state index contributed by atoms with van der Waals surface area (Å²) in [5.41, 5.74) is 9.24. The first-order valence-electron chi connectivity index (χ1n) is 9.17. The van der Waals surface area contributed by atoms with E-state index < -0.39 is 0 Å². The lowest BCUT2D eigenvalue weighted by Gasteiger charge is -2.11. The predicted molar refractivity (Wildman–Crippen MR) is 108 cm³/mol. The summed E-state index contributed by atoms with van der Waals surface area (Å²) in [5, 5.41) is 7.09. The molecule has 4 rings (SSSR count). The molecule has 0 bridgehead atoms. The monoisotopic (exact) mass is 361 g/mol. The fourth-order valence-corrected chi connectivity index (χ4v) is 3.37. The van der Waals surface area contributed by atoms with Gasteiger partial charge in [-0.05, 0) is 74.0 Å². The molecule has 0 radical (unpaired) electrons. The second kappa shape index (κ2) is 7.63. The summed E-state index contributed by atoms with van der Waals surface area (Å²) in [7, 11) is 0. The number of ether oxygens (including phenoxy) is 1.